The zero-order valence-corrected chi connectivity index (χ0v) is 21.0. The summed E-state index contributed by atoms with van der Waals surface area (Å²) in [6, 6.07) is 14.6. The van der Waals surface area contributed by atoms with E-state index in [1.807, 2.05) is 49.4 Å². The molecule has 3 aromatic rings. The van der Waals surface area contributed by atoms with Gasteiger partial charge in [0.25, 0.3) is 5.56 Å². The number of rotatable bonds is 12. The van der Waals surface area contributed by atoms with Crippen LogP contribution in [0.2, 0.25) is 0 Å². The number of aromatic amines is 1. The maximum atomic E-state index is 12.7. The van der Waals surface area contributed by atoms with Crippen molar-refractivity contribution < 1.29 is 4.79 Å². The smallest absolute Gasteiger partial charge is 0.326 e. The van der Waals surface area contributed by atoms with Crippen LogP contribution in [0.3, 0.4) is 0 Å². The molecule has 11 heteroatoms. The second-order valence-electron chi connectivity index (χ2n) is 8.67. The van der Waals surface area contributed by atoms with E-state index in [4.69, 9.17) is 16.9 Å². The summed E-state index contributed by atoms with van der Waals surface area (Å²) in [5, 5.41) is 15.4. The zero-order chi connectivity index (χ0) is 26.6. The third-order valence-electron chi connectivity index (χ3n) is 5.74. The number of H-pyrrole nitrogens is 1. The Morgan fingerprint density at radius 3 is 2.49 bits per heavy atom. The second-order valence-corrected chi connectivity index (χ2v) is 8.67. The van der Waals surface area contributed by atoms with E-state index in [0.29, 0.717) is 24.3 Å². The van der Waals surface area contributed by atoms with Crippen molar-refractivity contribution >= 4 is 23.6 Å². The number of anilines is 2. The molecule has 0 atom stereocenters. The van der Waals surface area contributed by atoms with Gasteiger partial charge in [0.05, 0.1) is 5.56 Å². The third kappa shape index (κ3) is 8.74. The topological polar surface area (TPSA) is 178 Å². The largest absolute Gasteiger partial charge is 0.370 e. The number of nitrogens with two attached hydrogens (primary N) is 2. The molecule has 0 radical (unpaired) electrons. The highest BCUT2D eigenvalue weighted by Gasteiger charge is 2.11. The Labute approximate surface area is 216 Å². The predicted molar refractivity (Wildman–Crippen MR) is 148 cm³/mol. The van der Waals surface area contributed by atoms with Gasteiger partial charge in [-0.05, 0) is 55.6 Å². The van der Waals surface area contributed by atoms with Crippen LogP contribution >= 0.6 is 0 Å². The minimum Gasteiger partial charge on any atom is -0.370 e. The first kappa shape index (κ1) is 27.4. The molecule has 9 N–H and O–H groups in total. The number of para-hydroxylation sites is 1. The molecule has 2 amide bonds. The van der Waals surface area contributed by atoms with Crippen LogP contribution < -0.4 is 33.0 Å². The Balaban J connectivity index is 1.60. The van der Waals surface area contributed by atoms with Crippen molar-refractivity contribution in [2.24, 2.45) is 11.5 Å². The average molecular weight is 506 g/mol. The molecular weight excluding hydrogens is 470 g/mol. The highest BCUT2D eigenvalue weighted by Crippen LogP contribution is 2.17. The van der Waals surface area contributed by atoms with Gasteiger partial charge >= 0.3 is 6.03 Å². The monoisotopic (exact) mass is 505 g/mol. The van der Waals surface area contributed by atoms with Crippen LogP contribution in [0, 0.1) is 12.3 Å². The van der Waals surface area contributed by atoms with E-state index in [2.05, 4.69) is 30.8 Å². The average Bonchev–Trinajstić information content (AvgIpc) is 2.87. The quantitative estimate of drug-likeness (QED) is 0.112. The molecule has 2 aromatic carbocycles. The molecular formula is C26H35N9O2. The lowest BCUT2D eigenvalue weighted by Crippen LogP contribution is -2.34. The molecule has 1 heterocycles. The van der Waals surface area contributed by atoms with E-state index in [-0.39, 0.29) is 11.9 Å². The first-order valence-electron chi connectivity index (χ1n) is 12.2. The Kier molecular flexibility index (Phi) is 10.2. The van der Waals surface area contributed by atoms with Crippen molar-refractivity contribution in [3.8, 4) is 11.1 Å². The number of urea groups is 1. The fourth-order valence-corrected chi connectivity index (χ4v) is 3.80. The summed E-state index contributed by atoms with van der Waals surface area (Å²) in [6.45, 7) is 5.61. The van der Waals surface area contributed by atoms with Crippen LogP contribution in [0.15, 0.2) is 59.5 Å². The number of guanidine groups is 1. The van der Waals surface area contributed by atoms with E-state index in [1.165, 1.54) is 0 Å². The molecule has 0 fully saturated rings. The number of nitrogens with zero attached hydrogens (tertiary/aromatic N) is 2. The SMILES string of the molecule is Cc1ccccc1NC(=O)Nc1nc(=O)c(-c2ccc(CN(CCCN)CCCNC(=N)N)cc2)c[nH]1. The first-order chi connectivity index (χ1) is 17.9. The summed E-state index contributed by atoms with van der Waals surface area (Å²) in [4.78, 5) is 34.1. The van der Waals surface area contributed by atoms with Gasteiger partial charge in [0.2, 0.25) is 5.95 Å². The third-order valence-corrected chi connectivity index (χ3v) is 5.74. The molecule has 0 aliphatic heterocycles. The highest BCUT2D eigenvalue weighted by molar-refractivity contribution is 5.99. The van der Waals surface area contributed by atoms with E-state index in [9.17, 15) is 9.59 Å². The maximum absolute atomic E-state index is 12.7. The number of aryl methyl sites for hydroxylation is 1. The molecule has 0 bridgehead atoms. The Hall–Kier alpha value is -4.22. The van der Waals surface area contributed by atoms with Gasteiger partial charge in [-0.25, -0.2) is 4.79 Å². The van der Waals surface area contributed by atoms with Crippen molar-refractivity contribution in [1.82, 2.24) is 20.2 Å². The van der Waals surface area contributed by atoms with E-state index < -0.39 is 11.6 Å². The van der Waals surface area contributed by atoms with Gasteiger partial charge in [0.1, 0.15) is 0 Å². The fourth-order valence-electron chi connectivity index (χ4n) is 3.80. The van der Waals surface area contributed by atoms with Crippen LogP contribution in [0.5, 0.6) is 0 Å². The van der Waals surface area contributed by atoms with E-state index in [0.717, 1.165) is 49.2 Å². The van der Waals surface area contributed by atoms with Gasteiger partial charge in [0.15, 0.2) is 5.96 Å². The Bertz CT molecular complexity index is 1240. The number of hydrogen-bond acceptors (Lipinski definition) is 6. The summed E-state index contributed by atoms with van der Waals surface area (Å²) < 4.78 is 0. The standard InChI is InChI=1S/C26H35N9O2/c1-18-6-2-3-7-22(18)32-26(37)34-25-31-16-21(23(36)33-25)20-10-8-19(9-11-20)17-35(14-4-12-27)15-5-13-30-24(28)29/h2-3,6-11,16H,4-5,12-15,17,27H2,1H3,(H4,28,29,30)(H3,31,32,33,34,36,37). The normalized spacial score (nSPS) is 10.8. The lowest BCUT2D eigenvalue weighted by Gasteiger charge is -2.22. The lowest BCUT2D eigenvalue weighted by atomic mass is 10.1. The molecule has 0 saturated heterocycles. The molecule has 0 unspecified atom stereocenters. The molecule has 0 aliphatic rings. The number of carbonyl (C=O) groups excluding carboxylic acids is 1. The summed E-state index contributed by atoms with van der Waals surface area (Å²) in [7, 11) is 0. The fraction of sp³-hybridized carbons (Fsp3) is 0.308. The van der Waals surface area contributed by atoms with Crippen LogP contribution in [-0.2, 0) is 6.54 Å². The molecule has 0 aliphatic carbocycles. The number of nitrogens with one attached hydrogen (secondary N) is 5. The molecule has 1 aromatic heterocycles. The number of hydrogen-bond donors (Lipinski definition) is 7. The van der Waals surface area contributed by atoms with Gasteiger partial charge in [-0.3, -0.25) is 20.4 Å². The zero-order valence-electron chi connectivity index (χ0n) is 21.0. The van der Waals surface area contributed by atoms with Gasteiger partial charge in [-0.15, -0.1) is 0 Å². The lowest BCUT2D eigenvalue weighted by molar-refractivity contribution is 0.260. The van der Waals surface area contributed by atoms with Crippen LogP contribution in [0.4, 0.5) is 16.4 Å². The van der Waals surface area contributed by atoms with E-state index >= 15 is 0 Å². The van der Waals surface area contributed by atoms with Crippen molar-refractivity contribution in [1.29, 1.82) is 5.41 Å². The van der Waals surface area contributed by atoms with Gasteiger partial charge in [0, 0.05) is 31.5 Å². The maximum Gasteiger partial charge on any atom is 0.326 e. The minimum absolute atomic E-state index is 0.0251. The van der Waals surface area contributed by atoms with Gasteiger partial charge < -0.3 is 27.1 Å². The number of benzene rings is 2. The van der Waals surface area contributed by atoms with Crippen molar-refractivity contribution in [3.63, 3.8) is 0 Å². The van der Waals surface area contributed by atoms with Crippen molar-refractivity contribution in [3.05, 3.63) is 76.2 Å². The highest BCUT2D eigenvalue weighted by atomic mass is 16.2. The summed E-state index contributed by atoms with van der Waals surface area (Å²) in [6.07, 6.45) is 3.29. The number of carbonyl (C=O) groups is 1. The molecule has 196 valence electrons. The van der Waals surface area contributed by atoms with E-state index in [1.54, 1.807) is 12.3 Å². The van der Waals surface area contributed by atoms with Gasteiger partial charge in [-0.1, -0.05) is 42.5 Å². The first-order valence-corrected chi connectivity index (χ1v) is 12.2. The molecule has 37 heavy (non-hydrogen) atoms. The van der Waals surface area contributed by atoms with Crippen LogP contribution in [-0.4, -0.2) is 53.0 Å². The molecule has 0 spiro atoms. The Morgan fingerprint density at radius 1 is 1.08 bits per heavy atom. The number of aromatic nitrogens is 2. The summed E-state index contributed by atoms with van der Waals surface area (Å²) in [5.74, 6) is 0.0363. The van der Waals surface area contributed by atoms with Crippen LogP contribution in [0.1, 0.15) is 24.0 Å². The minimum atomic E-state index is -0.495. The van der Waals surface area contributed by atoms with Crippen LogP contribution in [0.25, 0.3) is 11.1 Å². The second kappa shape index (κ2) is 13.8. The predicted octanol–water partition coefficient (Wildman–Crippen LogP) is 2.41. The number of amides is 2. The van der Waals surface area contributed by atoms with Crippen molar-refractivity contribution in [2.75, 3.05) is 36.8 Å². The molecule has 3 rings (SSSR count). The summed E-state index contributed by atoms with van der Waals surface area (Å²) >= 11 is 0. The summed E-state index contributed by atoms with van der Waals surface area (Å²) in [5.41, 5.74) is 14.4. The Morgan fingerprint density at radius 2 is 1.81 bits per heavy atom. The molecule has 0 saturated carbocycles. The van der Waals surface area contributed by atoms with Crippen molar-refractivity contribution in [2.45, 2.75) is 26.3 Å². The van der Waals surface area contributed by atoms with Gasteiger partial charge in [-0.2, -0.15) is 4.98 Å². The molecule has 11 nitrogen and oxygen atoms in total.